The van der Waals surface area contributed by atoms with Crippen molar-refractivity contribution in [3.05, 3.63) is 51.2 Å². The Morgan fingerprint density at radius 3 is 2.72 bits per heavy atom. The summed E-state index contributed by atoms with van der Waals surface area (Å²) >= 11 is 6.29. The minimum atomic E-state index is -0.813. The summed E-state index contributed by atoms with van der Waals surface area (Å²) in [4.78, 5) is 26.2. The standard InChI is InChI=1S/C20H22ClN7O/c1-5-20(4,27-16-12(9-22)10-24-19(23)26-16)18-25-14-8-6-7-13(21)15(14)17(29)28(18)11(2)3/h6-8,10-11H,5H2,1-4H3,(H3,23,24,26,27). The lowest BCUT2D eigenvalue weighted by Gasteiger charge is -2.33. The Balaban J connectivity index is 2.29. The van der Waals surface area contributed by atoms with Crippen LogP contribution >= 0.6 is 11.6 Å². The third kappa shape index (κ3) is 3.61. The third-order valence-corrected chi connectivity index (χ3v) is 5.23. The summed E-state index contributed by atoms with van der Waals surface area (Å²) in [6, 6.07) is 7.09. The van der Waals surface area contributed by atoms with E-state index in [9.17, 15) is 10.1 Å². The molecule has 3 aromatic rings. The molecule has 0 aliphatic rings. The number of rotatable bonds is 5. The molecule has 0 fully saturated rings. The molecule has 150 valence electrons. The molecule has 3 N–H and O–H groups in total. The van der Waals surface area contributed by atoms with Gasteiger partial charge < -0.3 is 11.1 Å². The number of fused-ring (bicyclic) bond motifs is 1. The number of nitriles is 1. The predicted molar refractivity (Wildman–Crippen MR) is 114 cm³/mol. The second-order valence-corrected chi connectivity index (χ2v) is 7.66. The zero-order chi connectivity index (χ0) is 21.3. The lowest BCUT2D eigenvalue weighted by Crippen LogP contribution is -2.41. The molecule has 1 atom stereocenters. The van der Waals surface area contributed by atoms with E-state index in [4.69, 9.17) is 22.3 Å². The lowest BCUT2D eigenvalue weighted by atomic mass is 9.96. The van der Waals surface area contributed by atoms with Gasteiger partial charge in [-0.3, -0.25) is 9.36 Å². The first kappa shape index (κ1) is 20.6. The summed E-state index contributed by atoms with van der Waals surface area (Å²) in [7, 11) is 0. The van der Waals surface area contributed by atoms with Gasteiger partial charge in [-0.1, -0.05) is 24.6 Å². The Morgan fingerprint density at radius 1 is 1.38 bits per heavy atom. The summed E-state index contributed by atoms with van der Waals surface area (Å²) in [6.45, 7) is 7.69. The number of anilines is 2. The van der Waals surface area contributed by atoms with E-state index in [1.165, 1.54) is 6.20 Å². The second-order valence-electron chi connectivity index (χ2n) is 7.25. The van der Waals surface area contributed by atoms with Crippen LogP contribution in [0.2, 0.25) is 5.02 Å². The minimum Gasteiger partial charge on any atom is -0.368 e. The van der Waals surface area contributed by atoms with Crippen molar-refractivity contribution in [2.45, 2.75) is 45.7 Å². The van der Waals surface area contributed by atoms with Crippen molar-refractivity contribution in [1.29, 1.82) is 5.26 Å². The quantitative estimate of drug-likeness (QED) is 0.657. The molecule has 1 unspecified atom stereocenters. The average molecular weight is 412 g/mol. The molecule has 2 aromatic heterocycles. The fourth-order valence-corrected chi connectivity index (χ4v) is 3.46. The highest BCUT2D eigenvalue weighted by Gasteiger charge is 2.33. The van der Waals surface area contributed by atoms with Crippen LogP contribution in [0.3, 0.4) is 0 Å². The molecule has 29 heavy (non-hydrogen) atoms. The van der Waals surface area contributed by atoms with Gasteiger partial charge in [0.05, 0.1) is 27.7 Å². The van der Waals surface area contributed by atoms with E-state index in [0.717, 1.165) is 0 Å². The number of hydrogen-bond acceptors (Lipinski definition) is 7. The molecule has 0 spiro atoms. The van der Waals surface area contributed by atoms with Crippen LogP contribution in [0.25, 0.3) is 10.9 Å². The summed E-state index contributed by atoms with van der Waals surface area (Å²) in [5.74, 6) is 0.861. The summed E-state index contributed by atoms with van der Waals surface area (Å²) in [5, 5.41) is 13.4. The van der Waals surface area contributed by atoms with Gasteiger partial charge in [0.15, 0.2) is 0 Å². The Hall–Kier alpha value is -3.18. The van der Waals surface area contributed by atoms with Crippen LogP contribution in [0.15, 0.2) is 29.2 Å². The van der Waals surface area contributed by atoms with E-state index in [0.29, 0.717) is 34.0 Å². The topological polar surface area (TPSA) is 123 Å². The van der Waals surface area contributed by atoms with Crippen LogP contribution in [-0.4, -0.2) is 19.5 Å². The van der Waals surface area contributed by atoms with E-state index >= 15 is 0 Å². The fraction of sp³-hybridized carbons (Fsp3) is 0.350. The smallest absolute Gasteiger partial charge is 0.263 e. The van der Waals surface area contributed by atoms with E-state index in [2.05, 4.69) is 21.4 Å². The van der Waals surface area contributed by atoms with E-state index in [1.54, 1.807) is 22.8 Å². The lowest BCUT2D eigenvalue weighted by molar-refractivity contribution is 0.421. The molecule has 0 saturated carbocycles. The number of benzene rings is 1. The first-order valence-corrected chi connectivity index (χ1v) is 9.61. The van der Waals surface area contributed by atoms with E-state index in [1.807, 2.05) is 27.7 Å². The number of aromatic nitrogens is 4. The molecule has 2 heterocycles. The number of nitrogen functional groups attached to an aromatic ring is 1. The van der Waals surface area contributed by atoms with Gasteiger partial charge in [-0.25, -0.2) is 9.97 Å². The van der Waals surface area contributed by atoms with Gasteiger partial charge in [-0.15, -0.1) is 0 Å². The molecule has 9 heteroatoms. The number of nitrogens with two attached hydrogens (primary N) is 1. The maximum Gasteiger partial charge on any atom is 0.263 e. The maximum absolute atomic E-state index is 13.3. The normalized spacial score (nSPS) is 13.3. The molecular formula is C20H22ClN7O. The van der Waals surface area contributed by atoms with Gasteiger partial charge in [0.25, 0.3) is 5.56 Å². The summed E-state index contributed by atoms with van der Waals surface area (Å²) in [5.41, 5.74) is 5.45. The zero-order valence-corrected chi connectivity index (χ0v) is 17.4. The zero-order valence-electron chi connectivity index (χ0n) is 16.7. The molecular weight excluding hydrogens is 390 g/mol. The van der Waals surface area contributed by atoms with Crippen LogP contribution in [0.4, 0.5) is 11.8 Å². The van der Waals surface area contributed by atoms with Crippen LogP contribution in [-0.2, 0) is 5.54 Å². The number of hydrogen-bond donors (Lipinski definition) is 2. The fourth-order valence-electron chi connectivity index (χ4n) is 3.21. The molecule has 0 radical (unpaired) electrons. The second kappa shape index (κ2) is 7.68. The van der Waals surface area contributed by atoms with Crippen LogP contribution < -0.4 is 16.6 Å². The van der Waals surface area contributed by atoms with Gasteiger partial charge in [-0.05, 0) is 39.3 Å². The number of nitrogens with one attached hydrogen (secondary N) is 1. The third-order valence-electron chi connectivity index (χ3n) is 4.92. The van der Waals surface area contributed by atoms with Crippen molar-refractivity contribution >= 4 is 34.3 Å². The maximum atomic E-state index is 13.3. The monoisotopic (exact) mass is 411 g/mol. The molecule has 0 bridgehead atoms. The van der Waals surface area contributed by atoms with Crippen molar-refractivity contribution in [3.8, 4) is 6.07 Å². The van der Waals surface area contributed by atoms with Crippen molar-refractivity contribution in [2.75, 3.05) is 11.1 Å². The number of nitrogens with zero attached hydrogens (tertiary/aromatic N) is 5. The van der Waals surface area contributed by atoms with Crippen LogP contribution in [0, 0.1) is 11.3 Å². The number of halogens is 1. The van der Waals surface area contributed by atoms with Crippen LogP contribution in [0.5, 0.6) is 0 Å². The average Bonchev–Trinajstić information content (AvgIpc) is 2.67. The van der Waals surface area contributed by atoms with Crippen molar-refractivity contribution < 1.29 is 0 Å². The highest BCUT2D eigenvalue weighted by Crippen LogP contribution is 2.31. The molecule has 0 amide bonds. The molecule has 3 rings (SSSR count). The van der Waals surface area contributed by atoms with Crippen molar-refractivity contribution in [1.82, 2.24) is 19.5 Å². The first-order valence-electron chi connectivity index (χ1n) is 9.24. The molecule has 0 aliphatic heterocycles. The largest absolute Gasteiger partial charge is 0.368 e. The summed E-state index contributed by atoms with van der Waals surface area (Å²) < 4.78 is 1.63. The Morgan fingerprint density at radius 2 is 2.10 bits per heavy atom. The van der Waals surface area contributed by atoms with Gasteiger partial charge in [-0.2, -0.15) is 10.2 Å². The predicted octanol–water partition coefficient (Wildman–Crippen LogP) is 3.61. The molecule has 1 aromatic carbocycles. The van der Waals surface area contributed by atoms with Gasteiger partial charge in [0.2, 0.25) is 5.95 Å². The molecule has 0 aliphatic carbocycles. The van der Waals surface area contributed by atoms with Gasteiger partial charge in [0, 0.05) is 6.04 Å². The van der Waals surface area contributed by atoms with Crippen LogP contribution in [0.1, 0.15) is 51.5 Å². The SMILES string of the molecule is CCC(C)(Nc1nc(N)ncc1C#N)c1nc2cccc(Cl)c2c(=O)n1C(C)C. The van der Waals surface area contributed by atoms with Gasteiger partial charge in [0.1, 0.15) is 23.3 Å². The van der Waals surface area contributed by atoms with Crippen molar-refractivity contribution in [3.63, 3.8) is 0 Å². The Labute approximate surface area is 173 Å². The van der Waals surface area contributed by atoms with Gasteiger partial charge >= 0.3 is 0 Å². The molecule has 0 saturated heterocycles. The Bertz CT molecular complexity index is 1180. The minimum absolute atomic E-state index is 0.0458. The Kier molecular flexibility index (Phi) is 5.44. The highest BCUT2D eigenvalue weighted by atomic mass is 35.5. The van der Waals surface area contributed by atoms with E-state index in [-0.39, 0.29) is 23.1 Å². The highest BCUT2D eigenvalue weighted by molar-refractivity contribution is 6.35. The summed E-state index contributed by atoms with van der Waals surface area (Å²) in [6.07, 6.45) is 1.93. The molecule has 8 nitrogen and oxygen atoms in total. The van der Waals surface area contributed by atoms with Crippen molar-refractivity contribution in [2.24, 2.45) is 0 Å². The van der Waals surface area contributed by atoms with E-state index < -0.39 is 5.54 Å². The first-order chi connectivity index (χ1) is 13.7.